The zero-order chi connectivity index (χ0) is 26.5. The second-order valence-electron chi connectivity index (χ2n) is 9.13. The zero-order valence-electron chi connectivity index (χ0n) is 20.6. The van der Waals surface area contributed by atoms with E-state index in [1.54, 1.807) is 0 Å². The Morgan fingerprint density at radius 2 is 1.79 bits per heavy atom. The molecule has 7 nitrogen and oxygen atoms in total. The number of nitrogens with zero attached hydrogens (tertiary/aromatic N) is 3. The molecule has 0 unspecified atom stereocenters. The van der Waals surface area contributed by atoms with E-state index < -0.39 is 11.7 Å². The summed E-state index contributed by atoms with van der Waals surface area (Å²) >= 11 is 6.43. The highest BCUT2D eigenvalue weighted by Crippen LogP contribution is 2.34. The van der Waals surface area contributed by atoms with Gasteiger partial charge in [-0.2, -0.15) is 23.1 Å². The first-order chi connectivity index (χ1) is 18.4. The van der Waals surface area contributed by atoms with E-state index in [1.165, 1.54) is 12.1 Å². The summed E-state index contributed by atoms with van der Waals surface area (Å²) in [6.07, 6.45) is -1.92. The SMILES string of the molecule is FC(F)(F)c1ccc(Nc2nc(OCCOC3CCOCC3)nc3c2CCN(c2ccccc2Cl)C3)cc1. The average Bonchev–Trinajstić information content (AvgIpc) is 2.91. The van der Waals surface area contributed by atoms with E-state index in [-0.39, 0.29) is 18.7 Å². The molecule has 38 heavy (non-hydrogen) atoms. The zero-order valence-corrected chi connectivity index (χ0v) is 21.4. The lowest BCUT2D eigenvalue weighted by Gasteiger charge is -2.31. The third kappa shape index (κ3) is 6.48. The first-order valence-corrected chi connectivity index (χ1v) is 12.9. The maximum atomic E-state index is 13.0. The van der Waals surface area contributed by atoms with Crippen molar-refractivity contribution in [1.29, 1.82) is 0 Å². The van der Waals surface area contributed by atoms with Gasteiger partial charge in [0.15, 0.2) is 0 Å². The van der Waals surface area contributed by atoms with Crippen LogP contribution in [0.4, 0.5) is 30.4 Å². The van der Waals surface area contributed by atoms with Gasteiger partial charge >= 0.3 is 12.2 Å². The molecular formula is C27H28ClF3N4O3. The summed E-state index contributed by atoms with van der Waals surface area (Å²) in [5.74, 6) is 0.508. The predicted octanol–water partition coefficient (Wildman–Crippen LogP) is 6.03. The van der Waals surface area contributed by atoms with Crippen molar-refractivity contribution in [2.75, 3.05) is 43.2 Å². The van der Waals surface area contributed by atoms with E-state index in [9.17, 15) is 13.2 Å². The van der Waals surface area contributed by atoms with Crippen LogP contribution in [0.1, 0.15) is 29.7 Å². The summed E-state index contributed by atoms with van der Waals surface area (Å²) in [7, 11) is 0. The molecule has 3 aromatic rings. The Hall–Kier alpha value is -3.08. The number of alkyl halides is 3. The number of hydrogen-bond donors (Lipinski definition) is 1. The summed E-state index contributed by atoms with van der Waals surface area (Å²) in [5, 5.41) is 3.82. The van der Waals surface area contributed by atoms with Crippen LogP contribution in [-0.4, -0.2) is 49.0 Å². The lowest BCUT2D eigenvalue weighted by Crippen LogP contribution is -2.32. The van der Waals surface area contributed by atoms with Crippen molar-refractivity contribution in [1.82, 2.24) is 9.97 Å². The molecule has 2 aromatic carbocycles. The van der Waals surface area contributed by atoms with Gasteiger partial charge in [0.05, 0.1) is 41.2 Å². The fraction of sp³-hybridized carbons (Fsp3) is 0.407. The topological polar surface area (TPSA) is 68.7 Å². The third-order valence-electron chi connectivity index (χ3n) is 6.55. The number of para-hydroxylation sites is 1. The van der Waals surface area contributed by atoms with E-state index >= 15 is 0 Å². The number of nitrogens with one attached hydrogen (secondary N) is 1. The van der Waals surface area contributed by atoms with Gasteiger partial charge in [0.25, 0.3) is 0 Å². The molecular weight excluding hydrogens is 521 g/mol. The molecule has 1 fully saturated rings. The second kappa shape index (κ2) is 11.8. The molecule has 5 rings (SSSR count). The van der Waals surface area contributed by atoms with Gasteiger partial charge in [-0.1, -0.05) is 23.7 Å². The Morgan fingerprint density at radius 3 is 2.53 bits per heavy atom. The fourth-order valence-electron chi connectivity index (χ4n) is 4.56. The second-order valence-corrected chi connectivity index (χ2v) is 9.54. The predicted molar refractivity (Wildman–Crippen MR) is 138 cm³/mol. The summed E-state index contributed by atoms with van der Waals surface area (Å²) in [5.41, 5.74) is 2.33. The van der Waals surface area contributed by atoms with Gasteiger partial charge in [0.1, 0.15) is 12.4 Å². The fourth-order valence-corrected chi connectivity index (χ4v) is 4.81. The first-order valence-electron chi connectivity index (χ1n) is 12.5. The number of aromatic nitrogens is 2. The van der Waals surface area contributed by atoms with Crippen LogP contribution in [0.3, 0.4) is 0 Å². The molecule has 1 saturated heterocycles. The lowest BCUT2D eigenvalue weighted by molar-refractivity contribution is -0.137. The van der Waals surface area contributed by atoms with Crippen LogP contribution in [0.15, 0.2) is 48.5 Å². The first kappa shape index (κ1) is 26.5. The molecule has 1 aromatic heterocycles. The standard InChI is InChI=1S/C27H28ClF3N4O3/c28-22-3-1-2-4-24(22)35-12-9-21-23(17-35)33-26(38-16-15-37-20-10-13-36-14-11-20)34-25(21)32-19-7-5-18(6-8-19)27(29,30)31/h1-8,20H,9-17H2,(H,32,33,34). The molecule has 0 aliphatic carbocycles. The van der Waals surface area contributed by atoms with Crippen LogP contribution >= 0.6 is 11.6 Å². The van der Waals surface area contributed by atoms with Crippen LogP contribution in [0.5, 0.6) is 6.01 Å². The average molecular weight is 549 g/mol. The summed E-state index contributed by atoms with van der Waals surface area (Å²) in [4.78, 5) is 11.4. The van der Waals surface area contributed by atoms with Crippen LogP contribution in [0, 0.1) is 0 Å². The summed E-state index contributed by atoms with van der Waals surface area (Å²) < 4.78 is 56.1. The highest BCUT2D eigenvalue weighted by molar-refractivity contribution is 6.33. The minimum absolute atomic E-state index is 0.151. The molecule has 0 spiro atoms. The minimum atomic E-state index is -4.40. The molecule has 0 saturated carbocycles. The maximum Gasteiger partial charge on any atom is 0.416 e. The van der Waals surface area contributed by atoms with Gasteiger partial charge in [-0.25, -0.2) is 0 Å². The number of ether oxygens (including phenoxy) is 3. The monoisotopic (exact) mass is 548 g/mol. The highest BCUT2D eigenvalue weighted by atomic mass is 35.5. The Kier molecular flexibility index (Phi) is 8.21. The van der Waals surface area contributed by atoms with Crippen LogP contribution < -0.4 is 15.0 Å². The molecule has 202 valence electrons. The van der Waals surface area contributed by atoms with E-state index in [1.807, 2.05) is 24.3 Å². The molecule has 3 heterocycles. The van der Waals surface area contributed by atoms with Gasteiger partial charge in [-0.15, -0.1) is 0 Å². The van der Waals surface area contributed by atoms with Crippen molar-refractivity contribution >= 4 is 28.8 Å². The van der Waals surface area contributed by atoms with Crippen molar-refractivity contribution < 1.29 is 27.4 Å². The van der Waals surface area contributed by atoms with E-state index in [2.05, 4.69) is 20.2 Å². The number of hydrogen-bond acceptors (Lipinski definition) is 7. The molecule has 1 N–H and O–H groups in total. The van der Waals surface area contributed by atoms with Crippen molar-refractivity contribution in [2.24, 2.45) is 0 Å². The number of fused-ring (bicyclic) bond motifs is 1. The van der Waals surface area contributed by atoms with Crippen LogP contribution in [0.2, 0.25) is 5.02 Å². The third-order valence-corrected chi connectivity index (χ3v) is 6.87. The largest absolute Gasteiger partial charge is 0.461 e. The molecule has 0 amide bonds. The van der Waals surface area contributed by atoms with Gasteiger partial charge in [0.2, 0.25) is 0 Å². The number of rotatable bonds is 8. The van der Waals surface area contributed by atoms with E-state index in [0.717, 1.165) is 41.9 Å². The van der Waals surface area contributed by atoms with Crippen molar-refractivity contribution in [3.05, 3.63) is 70.4 Å². The Bertz CT molecular complexity index is 1240. The molecule has 2 aliphatic rings. The summed E-state index contributed by atoms with van der Waals surface area (Å²) in [6.45, 7) is 3.21. The van der Waals surface area contributed by atoms with Crippen molar-refractivity contribution in [3.8, 4) is 6.01 Å². The molecule has 0 atom stereocenters. The van der Waals surface area contributed by atoms with Gasteiger partial charge in [-0.3, -0.25) is 0 Å². The smallest absolute Gasteiger partial charge is 0.416 e. The van der Waals surface area contributed by atoms with Gasteiger partial charge in [0, 0.05) is 31.0 Å². The highest BCUT2D eigenvalue weighted by Gasteiger charge is 2.30. The number of anilines is 3. The van der Waals surface area contributed by atoms with Gasteiger partial charge in [-0.05, 0) is 55.7 Å². The van der Waals surface area contributed by atoms with E-state index in [0.29, 0.717) is 55.9 Å². The molecule has 0 bridgehead atoms. The summed E-state index contributed by atoms with van der Waals surface area (Å²) in [6, 6.07) is 12.7. The Labute approximate surface area is 223 Å². The van der Waals surface area contributed by atoms with Crippen molar-refractivity contribution in [3.63, 3.8) is 0 Å². The number of benzene rings is 2. The van der Waals surface area contributed by atoms with Gasteiger partial charge < -0.3 is 24.4 Å². The van der Waals surface area contributed by atoms with E-state index in [4.69, 9.17) is 25.8 Å². The number of halogens is 4. The molecule has 11 heteroatoms. The Morgan fingerprint density at radius 1 is 1.03 bits per heavy atom. The minimum Gasteiger partial charge on any atom is -0.461 e. The Balaban J connectivity index is 1.35. The normalized spacial score (nSPS) is 16.3. The maximum absolute atomic E-state index is 13.0. The van der Waals surface area contributed by atoms with Crippen LogP contribution in [0.25, 0.3) is 0 Å². The van der Waals surface area contributed by atoms with Crippen LogP contribution in [-0.2, 0) is 28.6 Å². The lowest BCUT2D eigenvalue weighted by atomic mass is 10.0. The molecule has 2 aliphatic heterocycles. The molecule has 0 radical (unpaired) electrons. The van der Waals surface area contributed by atoms with Crippen molar-refractivity contribution in [2.45, 2.75) is 38.1 Å². The quantitative estimate of drug-likeness (QED) is 0.345.